The Balaban J connectivity index is 0.000000122. The molecule has 22 rings (SSSR count). The van der Waals surface area contributed by atoms with Crippen LogP contribution in [0.25, 0.3) is 10.8 Å². The smallest absolute Gasteiger partial charge is 0.253 e. The number of aliphatic hydroxyl groups excluding tert-OH is 4. The molecule has 21 nitrogen and oxygen atoms in total. The SMILES string of the molecule is CC(NC(=O)[C@@]1(O)[C@H](C)CC2C3CCC4=CC(=O)C=CC4(C)[C@@]3(Cl)[C@@H](O)CC21C)c1ccccn1.CC12CCC(=O)C=C1CCC1C2[C@@H](O)CC2(C)C1CC[C@]2(O)C(=O)COc1ccc2c(c1)CCCC2.C[C@@H]1CC2C3CCC4=CC(=O)C=CC4(C)[C@@]3(F)[C@@H](O)CC2(C)[C@@]1(O)C(=O)COc1ccc(Cl)cc1Cl.C[C@H]1CC2C([C@@H](O)CC3(C)C2CC[C@]3(O)C(=O)COc2cccc3ccccc23)C2(C)C=CC(=O)C=C12. The van der Waals surface area contributed by atoms with Gasteiger partial charge in [-0.1, -0.05) is 181 Å². The lowest BCUT2D eigenvalue weighted by Gasteiger charge is -2.63. The van der Waals surface area contributed by atoms with E-state index in [1.807, 2.05) is 127 Å². The molecule has 0 bridgehead atoms. The molecule has 0 radical (unpaired) electrons. The Morgan fingerprint density at radius 2 is 1.07 bits per heavy atom. The molecule has 0 spiro atoms. The molecule has 12 saturated carbocycles. The Labute approximate surface area is 859 Å². The maximum Gasteiger partial charge on any atom is 0.253 e. The number of halogens is 4. The quantitative estimate of drug-likeness (QED) is 0.0440. The molecular weight excluding hydrogens is 1890 g/mol. The van der Waals surface area contributed by atoms with Crippen molar-refractivity contribution in [1.82, 2.24) is 10.3 Å². The van der Waals surface area contributed by atoms with Crippen molar-refractivity contribution in [2.24, 2.45) is 120 Å². The van der Waals surface area contributed by atoms with E-state index >= 15 is 4.39 Å². The number of ether oxygens (including phenoxy) is 3. The molecule has 19 unspecified atom stereocenters. The van der Waals surface area contributed by atoms with Crippen LogP contribution in [0.3, 0.4) is 0 Å². The number of benzene rings is 4. The van der Waals surface area contributed by atoms with Crippen LogP contribution in [0.15, 0.2) is 186 Å². The standard InChI is InChI=1S/C32H36O5.C31H40O5.C28H31Cl2FO5.C28H35ClN2O4/c1-19-15-23-24-12-14-32(36,28(35)18-37-27-10-6-8-20-7-4-5-9-22(20)27)31(24,3)17-26(34)29(23)30(2)13-11-21(33)16-25(19)30;1-29-13-11-22(32)16-21(29)8-10-24-25-12-14-31(35,30(25,2)17-26(33)28(24)29)27(34)18-36-23-9-7-19-5-3-4-6-20(19)15-23;1-15-10-20-19-6-4-16-11-18(32)8-9-25(16,2)27(19,31)23(33)13-26(20,3)28(15,35)24(34)14-36-22-7-5-17(29)12-21(22)30;1-16-13-21-20-9-8-18-14-19(32)10-11-25(18,3)27(20,29)23(33)15-26(21,4)28(16,35)24(34)31-17(2)22-7-5-6-12-30-22/h4-11,13,16,19,23-24,26,29,34,36H,12,14-15,17-18H2,1-3H3;7,9,15-16,24-26,28,33,35H,3-6,8,10-14,17-18H2,1-2H3;5,7-9,11-12,15,19-20,23,33,35H,4,6,10,13-14H2,1-3H3;5-7,10-12,14,16-17,20-21,23,33,35H,8-9,13,15H2,1-4H3,(H,31,34)/t19-,23?,24?,26-,29?,30?,31?,32-;24?,25?,26-,28?,29?,30?,31-;15-,19?,20?,23+,25?,26?,27+,28+;16-,17?,20?,21?,23+,25?,26?,27+,28+/m0011/s1. The second kappa shape index (κ2) is 37.3. The highest BCUT2D eigenvalue weighted by Gasteiger charge is 2.79. The third-order valence-electron chi connectivity index (χ3n) is 41.7. The zero-order valence-corrected chi connectivity index (χ0v) is 87.2. The first-order valence-corrected chi connectivity index (χ1v) is 53.9. The summed E-state index contributed by atoms with van der Waals surface area (Å²) in [6.07, 6.45) is 30.0. The molecule has 1 aromatic heterocycles. The van der Waals surface area contributed by atoms with Crippen LogP contribution in [0.2, 0.25) is 10.0 Å². The van der Waals surface area contributed by atoms with Gasteiger partial charge in [-0.2, -0.15) is 0 Å². The number of carbonyl (C=O) groups is 8. The summed E-state index contributed by atoms with van der Waals surface area (Å²) in [5, 5.41) is 100.0. The number of nitrogens with one attached hydrogen (secondary N) is 1. The predicted octanol–water partition coefficient (Wildman–Crippen LogP) is 19.0. The summed E-state index contributed by atoms with van der Waals surface area (Å²) in [5.74, 6) is -0.841. The number of hydrogen-bond donors (Lipinski definition) is 9. The summed E-state index contributed by atoms with van der Waals surface area (Å²) in [7, 11) is 0. The maximum atomic E-state index is 17.2. The number of ketones is 7. The van der Waals surface area contributed by atoms with Gasteiger partial charge in [0.1, 0.15) is 53.9 Å². The van der Waals surface area contributed by atoms with Gasteiger partial charge in [0.15, 0.2) is 34.4 Å². The van der Waals surface area contributed by atoms with E-state index in [0.29, 0.717) is 92.7 Å². The molecule has 32 atom stereocenters. The highest BCUT2D eigenvalue weighted by molar-refractivity contribution is 6.35. The van der Waals surface area contributed by atoms with Crippen molar-refractivity contribution in [2.45, 2.75) is 294 Å². The van der Waals surface area contributed by atoms with Gasteiger partial charge in [-0.3, -0.25) is 43.3 Å². The first-order valence-electron chi connectivity index (χ1n) is 52.7. The number of aliphatic hydroxyl groups is 8. The Kier molecular flexibility index (Phi) is 27.0. The monoisotopic (exact) mass is 2030 g/mol. The lowest BCUT2D eigenvalue weighted by molar-refractivity contribution is -0.219. The van der Waals surface area contributed by atoms with Crippen molar-refractivity contribution in [1.29, 1.82) is 0 Å². The first kappa shape index (κ1) is 104. The summed E-state index contributed by atoms with van der Waals surface area (Å²) in [5.41, 5.74) is -6.81. The number of aryl methyl sites for hydroxylation is 2. The summed E-state index contributed by atoms with van der Waals surface area (Å²) in [6.45, 7) is 22.9. The van der Waals surface area contributed by atoms with Crippen LogP contribution in [0, 0.1) is 120 Å². The molecule has 9 N–H and O–H groups in total. The zero-order valence-electron chi connectivity index (χ0n) is 84.9. The molecule has 17 aliphatic carbocycles. The summed E-state index contributed by atoms with van der Waals surface area (Å²) < 4.78 is 34.9. The normalized spacial score (nSPS) is 42.6. The summed E-state index contributed by atoms with van der Waals surface area (Å²) >= 11 is 19.6. The van der Waals surface area contributed by atoms with Crippen LogP contribution in [0.4, 0.5) is 4.39 Å². The van der Waals surface area contributed by atoms with Crippen LogP contribution in [-0.2, 0) is 51.2 Å². The number of nitrogens with zero attached hydrogens (tertiary/aromatic N) is 1. The van der Waals surface area contributed by atoms with E-state index in [0.717, 1.165) is 79.0 Å². The number of fused-ring (bicyclic) bond motifs is 22. The molecular formula is C119H142Cl3FN2O19. The molecule has 1 heterocycles. The number of hydrogen-bond acceptors (Lipinski definition) is 20. The average Bonchev–Trinajstić information content (AvgIpc) is 1.47. The lowest BCUT2D eigenvalue weighted by atomic mass is 9.44. The van der Waals surface area contributed by atoms with Crippen LogP contribution in [0.1, 0.15) is 241 Å². The largest absolute Gasteiger partial charge is 0.486 e. The number of aromatic nitrogens is 1. The van der Waals surface area contributed by atoms with E-state index in [9.17, 15) is 79.2 Å². The molecule has 4 aromatic carbocycles. The molecule has 1 amide bonds. The molecule has 0 aliphatic heterocycles. The predicted molar refractivity (Wildman–Crippen MR) is 547 cm³/mol. The van der Waals surface area contributed by atoms with Gasteiger partial charge in [0, 0.05) is 72.8 Å². The molecule has 17 aliphatic rings. The number of alkyl halides is 2. The van der Waals surface area contributed by atoms with E-state index in [1.165, 1.54) is 47.8 Å². The number of pyridine rings is 1. The van der Waals surface area contributed by atoms with Gasteiger partial charge in [0.05, 0.1) is 46.0 Å². The number of rotatable bonds is 15. The maximum absolute atomic E-state index is 17.2. The number of carbonyl (C=O) groups excluding carboxylic acids is 8. The molecule has 12 fully saturated rings. The third-order valence-corrected chi connectivity index (χ3v) is 43.1. The highest BCUT2D eigenvalue weighted by atomic mass is 35.5. The minimum absolute atomic E-state index is 0.0138. The fourth-order valence-electron chi connectivity index (χ4n) is 34.0. The molecule has 770 valence electrons. The van der Waals surface area contributed by atoms with Gasteiger partial charge in [0.25, 0.3) is 5.91 Å². The van der Waals surface area contributed by atoms with Crippen molar-refractivity contribution in [3.63, 3.8) is 0 Å². The molecule has 25 heteroatoms. The Morgan fingerprint density at radius 1 is 0.507 bits per heavy atom. The molecule has 144 heavy (non-hydrogen) atoms. The van der Waals surface area contributed by atoms with Gasteiger partial charge in [0.2, 0.25) is 17.3 Å². The van der Waals surface area contributed by atoms with Crippen LogP contribution < -0.4 is 19.5 Å². The summed E-state index contributed by atoms with van der Waals surface area (Å²) in [4.78, 5) is 106. The van der Waals surface area contributed by atoms with Crippen molar-refractivity contribution in [2.75, 3.05) is 19.8 Å². The average molecular weight is 2030 g/mol. The van der Waals surface area contributed by atoms with Crippen molar-refractivity contribution >= 4 is 92.0 Å². The van der Waals surface area contributed by atoms with E-state index in [4.69, 9.17) is 49.0 Å². The summed E-state index contributed by atoms with van der Waals surface area (Å²) in [6, 6.07) is 29.6. The minimum atomic E-state index is -2.01. The van der Waals surface area contributed by atoms with E-state index in [-0.39, 0.29) is 153 Å². The lowest BCUT2D eigenvalue weighted by Crippen LogP contribution is -2.69. The molecule has 0 saturated heterocycles. The van der Waals surface area contributed by atoms with E-state index in [1.54, 1.807) is 69.5 Å². The second-order valence-electron chi connectivity index (χ2n) is 48.2. The Hall–Kier alpha value is -8.49. The van der Waals surface area contributed by atoms with Crippen LogP contribution >= 0.6 is 34.8 Å². The van der Waals surface area contributed by atoms with Gasteiger partial charge in [-0.25, -0.2) is 4.39 Å². The number of Topliss-reactive ketones (excluding diaryl/α,β-unsaturated/α-hetero) is 3. The molecule has 5 aromatic rings. The van der Waals surface area contributed by atoms with Crippen molar-refractivity contribution < 1.29 is 97.8 Å². The topological polar surface area (TPSA) is 351 Å². The minimum Gasteiger partial charge on any atom is -0.486 e. The van der Waals surface area contributed by atoms with Gasteiger partial charge < -0.3 is 60.4 Å². The highest BCUT2D eigenvalue weighted by Crippen LogP contribution is 2.76. The number of allylic oxidation sites excluding steroid dienone is 13. The second-order valence-corrected chi connectivity index (χ2v) is 49.7. The zero-order chi connectivity index (χ0) is 103. The fourth-order valence-corrected chi connectivity index (χ4v) is 35.0. The van der Waals surface area contributed by atoms with Gasteiger partial charge in [-0.05, 0) is 333 Å². The van der Waals surface area contributed by atoms with Crippen molar-refractivity contribution in [3.8, 4) is 17.2 Å². The fraction of sp³-hybridized carbons (Fsp3) is 0.588. The van der Waals surface area contributed by atoms with Gasteiger partial charge in [-0.15, -0.1) is 11.6 Å². The van der Waals surface area contributed by atoms with E-state index < -0.39 is 120 Å². The first-order chi connectivity index (χ1) is 67.9. The van der Waals surface area contributed by atoms with Crippen LogP contribution in [-0.4, -0.2) is 169 Å². The van der Waals surface area contributed by atoms with E-state index in [2.05, 4.69) is 43.2 Å². The Morgan fingerprint density at radius 3 is 1.74 bits per heavy atom. The number of amides is 1. The van der Waals surface area contributed by atoms with Crippen molar-refractivity contribution in [3.05, 3.63) is 213 Å². The third kappa shape index (κ3) is 15.8. The van der Waals surface area contributed by atoms with Crippen LogP contribution in [0.5, 0.6) is 17.2 Å². The van der Waals surface area contributed by atoms with Gasteiger partial charge >= 0.3 is 0 Å². The Bertz CT molecular complexity index is 6260.